The second kappa shape index (κ2) is 17.9. The van der Waals surface area contributed by atoms with E-state index in [9.17, 15) is 58.0 Å². The van der Waals surface area contributed by atoms with Gasteiger partial charge in [-0.15, -0.1) is 0 Å². The van der Waals surface area contributed by atoms with E-state index < -0.39 is 83.3 Å². The van der Waals surface area contributed by atoms with Crippen LogP contribution in [0.5, 0.6) is 23.0 Å². The van der Waals surface area contributed by atoms with Crippen LogP contribution in [0.25, 0.3) is 0 Å². The van der Waals surface area contributed by atoms with E-state index in [1.165, 1.54) is 30.3 Å². The van der Waals surface area contributed by atoms with Gasteiger partial charge < -0.3 is 59.2 Å². The molecule has 0 bridgehead atoms. The van der Waals surface area contributed by atoms with Gasteiger partial charge in [0.05, 0.1) is 12.2 Å². The number of aromatic hydroxyl groups is 2. The quantitative estimate of drug-likeness (QED) is 0.0417. The third kappa shape index (κ3) is 10.0. The monoisotopic (exact) mass is 941 g/mol. The number of phenols is 2. The van der Waals surface area contributed by atoms with Gasteiger partial charge in [0.15, 0.2) is 11.8 Å². The molecule has 1 saturated heterocycles. The summed E-state index contributed by atoms with van der Waals surface area (Å²) in [6.07, 6.45) is -2.95. The molecule has 338 valence electrons. The Bertz CT molecular complexity index is 2650. The minimum Gasteiger partial charge on any atom is -0.508 e. The number of H-pyrrole nitrogens is 1. The molecule has 24 nitrogen and oxygen atoms in total. The number of benzene rings is 3. The van der Waals surface area contributed by atoms with Crippen LogP contribution in [-0.4, -0.2) is 94.4 Å². The van der Waals surface area contributed by atoms with E-state index in [-0.39, 0.29) is 47.3 Å². The number of carbonyl (C=O) groups is 2. The Morgan fingerprint density at radius 1 is 0.825 bits per heavy atom. The number of rotatable bonds is 17. The number of amides is 1. The molecule has 4 aromatic rings. The lowest BCUT2D eigenvalue weighted by molar-refractivity contribution is -0.0746. The van der Waals surface area contributed by atoms with Crippen LogP contribution in [0.4, 0.5) is 0 Å². The summed E-state index contributed by atoms with van der Waals surface area (Å²) in [7, 11) is -17.1. The minimum atomic E-state index is -5.83. The number of hydrogen-bond acceptors (Lipinski definition) is 17. The van der Waals surface area contributed by atoms with Gasteiger partial charge >= 0.3 is 35.1 Å². The molecule has 6 atom stereocenters. The Morgan fingerprint density at radius 3 is 2.13 bits per heavy atom. The first-order valence-electron chi connectivity index (χ1n) is 18.7. The zero-order valence-electron chi connectivity index (χ0n) is 32.2. The molecule has 7 rings (SSSR count). The molecule has 1 aromatic heterocycles. The summed E-state index contributed by atoms with van der Waals surface area (Å²) in [5.74, 6) is -0.927. The van der Waals surface area contributed by atoms with Gasteiger partial charge in [-0.05, 0) is 49.2 Å². The molecule has 27 heteroatoms. The van der Waals surface area contributed by atoms with Crippen LogP contribution in [0.3, 0.4) is 0 Å². The molecule has 3 aromatic carbocycles. The number of phosphoric ester groups is 1. The molecule has 9 N–H and O–H groups in total. The molecule has 63 heavy (non-hydrogen) atoms. The van der Waals surface area contributed by atoms with Crippen molar-refractivity contribution in [2.45, 2.75) is 55.8 Å². The van der Waals surface area contributed by atoms with Crippen molar-refractivity contribution in [3.8, 4) is 23.0 Å². The van der Waals surface area contributed by atoms with Crippen molar-refractivity contribution < 1.29 is 90.3 Å². The number of aliphatic hydroxyl groups is 1. The van der Waals surface area contributed by atoms with Crippen molar-refractivity contribution in [1.29, 1.82) is 0 Å². The normalized spacial score (nSPS) is 21.6. The highest BCUT2D eigenvalue weighted by Crippen LogP contribution is 2.66. The topological polar surface area (TPSA) is 358 Å². The number of aliphatic hydroxyl groups excluding tert-OH is 1. The van der Waals surface area contributed by atoms with E-state index in [1.54, 1.807) is 24.3 Å². The fraction of sp³-hybridized carbons (Fsp3) is 0.333. The number of aromatic amines is 1. The third-order valence-electron chi connectivity index (χ3n) is 9.96. The smallest absolute Gasteiger partial charge is 0.490 e. The van der Waals surface area contributed by atoms with E-state index in [2.05, 4.69) is 18.5 Å². The highest BCUT2D eigenvalue weighted by atomic mass is 31.3. The summed E-state index contributed by atoms with van der Waals surface area (Å²) in [5.41, 5.74) is -1.58. The summed E-state index contributed by atoms with van der Waals surface area (Å²) >= 11 is 0. The van der Waals surface area contributed by atoms with Gasteiger partial charge in [0.2, 0.25) is 0 Å². The number of phosphoric acid groups is 3. The summed E-state index contributed by atoms with van der Waals surface area (Å²) in [4.78, 5) is 89.5. The molecular weight excluding hydrogens is 903 g/mol. The standard InChI is InChI=1S/C36H38N3O21P3/c40-20-6-9-24-26(16-20)56-27-17-21(41)7-10-25(27)36(24)23-8-5-19(15-22(23)34(45)58-36)32(44)37-12-3-1-2-4-14-54-31-30(43)28(57-33(31)39-13-11-29(42)38-35(39)46)18-55-62(50,51)60-63(52,53)59-61(47,48)49/h5-11,13,15-17,28,30-31,33,40-41,43H,1-4,12,14,18H2,(H,37,44)(H,50,51)(H,52,53)(H,38,42,46)(H2,47,48,49)/t28-,30-,31-,33-/m1/s1. The zero-order chi connectivity index (χ0) is 45.5. The summed E-state index contributed by atoms with van der Waals surface area (Å²) in [6, 6.07) is 14.3. The Balaban J connectivity index is 0.919. The van der Waals surface area contributed by atoms with E-state index in [0.717, 1.165) is 16.8 Å². The number of ether oxygens (including phenoxy) is 4. The second-order valence-corrected chi connectivity index (χ2v) is 18.7. The lowest BCUT2D eigenvalue weighted by atomic mass is 9.77. The van der Waals surface area contributed by atoms with Gasteiger partial charge in [-0.3, -0.25) is 23.7 Å². The van der Waals surface area contributed by atoms with Gasteiger partial charge in [0.25, 0.3) is 11.5 Å². The van der Waals surface area contributed by atoms with Crippen LogP contribution >= 0.6 is 23.5 Å². The van der Waals surface area contributed by atoms with E-state index in [4.69, 9.17) is 28.7 Å². The summed E-state index contributed by atoms with van der Waals surface area (Å²) in [5, 5.41) is 34.1. The van der Waals surface area contributed by atoms with Gasteiger partial charge in [0.1, 0.15) is 41.3 Å². The highest BCUT2D eigenvalue weighted by molar-refractivity contribution is 7.66. The maximum absolute atomic E-state index is 13.4. The molecule has 1 spiro atoms. The summed E-state index contributed by atoms with van der Waals surface area (Å²) in [6.45, 7) is -0.817. The molecule has 1 fully saturated rings. The zero-order valence-corrected chi connectivity index (χ0v) is 34.9. The first-order valence-corrected chi connectivity index (χ1v) is 23.2. The maximum Gasteiger partial charge on any atom is 0.490 e. The summed E-state index contributed by atoms with van der Waals surface area (Å²) < 4.78 is 71.1. The number of hydrogen-bond donors (Lipinski definition) is 9. The average Bonchev–Trinajstić information content (AvgIpc) is 3.65. The Hall–Kier alpha value is -5.03. The van der Waals surface area contributed by atoms with Crippen LogP contribution in [0.2, 0.25) is 0 Å². The van der Waals surface area contributed by atoms with Crippen molar-refractivity contribution >= 4 is 35.3 Å². The Labute approximate surface area is 354 Å². The van der Waals surface area contributed by atoms with Crippen LogP contribution in [-0.2, 0) is 46.7 Å². The second-order valence-electron chi connectivity index (χ2n) is 14.3. The first kappa shape index (κ1) is 46.0. The fourth-order valence-electron chi connectivity index (χ4n) is 7.31. The van der Waals surface area contributed by atoms with Gasteiger partial charge in [-0.1, -0.05) is 18.9 Å². The maximum atomic E-state index is 13.4. The van der Waals surface area contributed by atoms with Crippen molar-refractivity contribution in [2.24, 2.45) is 0 Å². The number of unbranched alkanes of at least 4 members (excludes halogenated alkanes) is 3. The highest BCUT2D eigenvalue weighted by Gasteiger charge is 2.54. The molecule has 0 saturated carbocycles. The predicted octanol–water partition coefficient (Wildman–Crippen LogP) is 2.49. The number of nitrogens with one attached hydrogen (secondary N) is 2. The molecular formula is C36H38N3O21P3. The first-order chi connectivity index (χ1) is 29.7. The number of phenolic OH excluding ortho intramolecular Hbond substituents is 2. The van der Waals surface area contributed by atoms with Gasteiger partial charge in [0, 0.05) is 59.8 Å². The largest absolute Gasteiger partial charge is 0.508 e. The molecule has 1 amide bonds. The lowest BCUT2D eigenvalue weighted by Gasteiger charge is -2.36. The average molecular weight is 942 g/mol. The third-order valence-corrected chi connectivity index (χ3v) is 13.8. The van der Waals surface area contributed by atoms with Gasteiger partial charge in [-0.25, -0.2) is 23.3 Å². The molecule has 4 heterocycles. The van der Waals surface area contributed by atoms with Gasteiger partial charge in [-0.2, -0.15) is 8.62 Å². The van der Waals surface area contributed by atoms with Crippen molar-refractivity contribution in [1.82, 2.24) is 14.9 Å². The number of esters is 1. The Morgan fingerprint density at radius 2 is 1.48 bits per heavy atom. The van der Waals surface area contributed by atoms with Crippen LogP contribution in [0.15, 0.2) is 76.4 Å². The number of aromatic nitrogens is 2. The number of carbonyl (C=O) groups excluding carboxylic acids is 2. The van der Waals surface area contributed by atoms with E-state index >= 15 is 0 Å². The van der Waals surface area contributed by atoms with Crippen LogP contribution < -0.4 is 21.3 Å². The molecule has 0 radical (unpaired) electrons. The predicted molar refractivity (Wildman–Crippen MR) is 210 cm³/mol. The Kier molecular flexibility index (Phi) is 13.0. The molecule has 2 unspecified atom stereocenters. The van der Waals surface area contributed by atoms with Crippen LogP contribution in [0, 0.1) is 0 Å². The van der Waals surface area contributed by atoms with Crippen molar-refractivity contribution in [2.75, 3.05) is 19.8 Å². The molecule has 3 aliphatic heterocycles. The number of nitrogens with zero attached hydrogens (tertiary/aromatic N) is 1. The fourth-order valence-corrected chi connectivity index (χ4v) is 10.3. The van der Waals surface area contributed by atoms with Crippen molar-refractivity contribution in [3.05, 3.63) is 116 Å². The minimum absolute atomic E-state index is 0.0231. The van der Waals surface area contributed by atoms with Crippen LogP contribution in [0.1, 0.15) is 69.3 Å². The van der Waals surface area contributed by atoms with E-state index in [1.807, 2.05) is 4.98 Å². The number of fused-ring (bicyclic) bond motifs is 6. The van der Waals surface area contributed by atoms with Crippen molar-refractivity contribution in [3.63, 3.8) is 0 Å². The molecule has 3 aliphatic rings. The SMILES string of the molecule is O=C(NCCCCCCO[C@@H]1[C@H](O)[C@@H](COP(=O)(O)OP(=O)(O)OP(=O)(O)O)O[C@H]1n1ccc(=O)[nH]c1=O)c1ccc2c(c1)C(=O)OC21c2ccc(O)cc2Oc2cc(O)ccc21. The molecule has 0 aliphatic carbocycles. The lowest BCUT2D eigenvalue weighted by Crippen LogP contribution is -2.39. The van der Waals surface area contributed by atoms with E-state index in [0.29, 0.717) is 42.4 Å².